The van der Waals surface area contributed by atoms with Gasteiger partial charge in [0, 0.05) is 19.8 Å². The smallest absolute Gasteiger partial charge is 0.123 e. The van der Waals surface area contributed by atoms with Gasteiger partial charge in [-0.1, -0.05) is 19.1 Å². The van der Waals surface area contributed by atoms with E-state index in [0.717, 1.165) is 38.2 Å². The second-order valence-electron chi connectivity index (χ2n) is 4.21. The Morgan fingerprint density at radius 1 is 1.35 bits per heavy atom. The highest BCUT2D eigenvalue weighted by molar-refractivity contribution is 5.21. The van der Waals surface area contributed by atoms with Gasteiger partial charge in [-0.05, 0) is 43.5 Å². The van der Waals surface area contributed by atoms with E-state index in [1.54, 1.807) is 12.1 Å². The first-order valence-corrected chi connectivity index (χ1v) is 6.25. The van der Waals surface area contributed by atoms with Crippen molar-refractivity contribution in [1.29, 1.82) is 0 Å². The second kappa shape index (κ2) is 8.20. The molecule has 1 rings (SSSR count). The Hall–Kier alpha value is -0.930. The third kappa shape index (κ3) is 5.29. The molecule has 0 aliphatic carbocycles. The molecule has 0 heterocycles. The first kappa shape index (κ1) is 14.1. The molecule has 3 heteroatoms. The van der Waals surface area contributed by atoms with Gasteiger partial charge in [-0.2, -0.15) is 0 Å². The van der Waals surface area contributed by atoms with E-state index in [9.17, 15) is 4.39 Å². The quantitative estimate of drug-likeness (QED) is 0.704. The molecule has 0 amide bonds. The Morgan fingerprint density at radius 2 is 2.18 bits per heavy atom. The zero-order valence-electron chi connectivity index (χ0n) is 10.7. The van der Waals surface area contributed by atoms with Crippen molar-refractivity contribution in [3.05, 3.63) is 35.6 Å². The first-order valence-electron chi connectivity index (χ1n) is 6.25. The van der Waals surface area contributed by atoms with Gasteiger partial charge >= 0.3 is 0 Å². The molecular weight excluding hydrogens is 217 g/mol. The number of hydrogen-bond acceptors (Lipinski definition) is 2. The van der Waals surface area contributed by atoms with Crippen LogP contribution in [0.4, 0.5) is 4.39 Å². The zero-order valence-corrected chi connectivity index (χ0v) is 10.7. The van der Waals surface area contributed by atoms with Crippen LogP contribution in [0.3, 0.4) is 0 Å². The number of hydrogen-bond donors (Lipinski definition) is 1. The molecule has 2 nitrogen and oxygen atoms in total. The number of benzene rings is 1. The molecule has 0 spiro atoms. The van der Waals surface area contributed by atoms with E-state index in [2.05, 4.69) is 12.2 Å². The van der Waals surface area contributed by atoms with Crippen molar-refractivity contribution in [3.8, 4) is 0 Å². The molecule has 0 saturated heterocycles. The van der Waals surface area contributed by atoms with Gasteiger partial charge in [-0.3, -0.25) is 0 Å². The van der Waals surface area contributed by atoms with Gasteiger partial charge < -0.3 is 10.1 Å². The van der Waals surface area contributed by atoms with Crippen LogP contribution in [-0.2, 0) is 4.74 Å². The third-order valence-electron chi connectivity index (χ3n) is 2.73. The van der Waals surface area contributed by atoms with Crippen LogP contribution in [0, 0.1) is 5.82 Å². The maximum absolute atomic E-state index is 13.2. The molecule has 96 valence electrons. The van der Waals surface area contributed by atoms with Crippen molar-refractivity contribution in [3.63, 3.8) is 0 Å². The van der Waals surface area contributed by atoms with E-state index in [0.29, 0.717) is 5.92 Å². The van der Waals surface area contributed by atoms with Crippen molar-refractivity contribution in [1.82, 2.24) is 5.32 Å². The fourth-order valence-corrected chi connectivity index (χ4v) is 1.87. The summed E-state index contributed by atoms with van der Waals surface area (Å²) in [5, 5.41) is 3.15. The predicted molar refractivity (Wildman–Crippen MR) is 68.8 cm³/mol. The monoisotopic (exact) mass is 239 g/mol. The minimum absolute atomic E-state index is 0.168. The standard InChI is InChI=1S/C14H22FNO/c1-3-8-17-9-7-13(11-16-2)12-5-4-6-14(15)10-12/h4-6,10,13,16H,3,7-9,11H2,1-2H3. The van der Waals surface area contributed by atoms with E-state index in [1.807, 2.05) is 13.1 Å². The number of halogens is 1. The van der Waals surface area contributed by atoms with Gasteiger partial charge in [-0.15, -0.1) is 0 Å². The van der Waals surface area contributed by atoms with E-state index in [4.69, 9.17) is 4.74 Å². The molecule has 0 aromatic heterocycles. The topological polar surface area (TPSA) is 21.3 Å². The molecule has 1 aromatic carbocycles. The van der Waals surface area contributed by atoms with Gasteiger partial charge in [0.05, 0.1) is 0 Å². The minimum Gasteiger partial charge on any atom is -0.381 e. The molecule has 1 N–H and O–H groups in total. The summed E-state index contributed by atoms with van der Waals surface area (Å²) in [4.78, 5) is 0. The normalized spacial score (nSPS) is 12.6. The van der Waals surface area contributed by atoms with Crippen LogP contribution in [0.1, 0.15) is 31.2 Å². The lowest BCUT2D eigenvalue weighted by molar-refractivity contribution is 0.127. The van der Waals surface area contributed by atoms with Gasteiger partial charge in [-0.25, -0.2) is 4.39 Å². The molecule has 17 heavy (non-hydrogen) atoms. The fourth-order valence-electron chi connectivity index (χ4n) is 1.87. The largest absolute Gasteiger partial charge is 0.381 e. The average molecular weight is 239 g/mol. The maximum atomic E-state index is 13.2. The van der Waals surface area contributed by atoms with E-state index < -0.39 is 0 Å². The van der Waals surface area contributed by atoms with Crippen LogP contribution < -0.4 is 5.32 Å². The molecule has 0 aliphatic rings. The number of ether oxygens (including phenoxy) is 1. The van der Waals surface area contributed by atoms with Crippen LogP contribution >= 0.6 is 0 Å². The number of rotatable bonds is 8. The van der Waals surface area contributed by atoms with Crippen molar-refractivity contribution < 1.29 is 9.13 Å². The summed E-state index contributed by atoms with van der Waals surface area (Å²) in [6.45, 7) is 4.47. The fraction of sp³-hybridized carbons (Fsp3) is 0.571. The van der Waals surface area contributed by atoms with Crippen molar-refractivity contribution in [2.24, 2.45) is 0 Å². The van der Waals surface area contributed by atoms with Gasteiger partial charge in [0.1, 0.15) is 5.82 Å². The van der Waals surface area contributed by atoms with Crippen LogP contribution in [-0.4, -0.2) is 26.8 Å². The van der Waals surface area contributed by atoms with Gasteiger partial charge in [0.2, 0.25) is 0 Å². The zero-order chi connectivity index (χ0) is 12.5. The molecule has 0 radical (unpaired) electrons. The molecule has 1 unspecified atom stereocenters. The van der Waals surface area contributed by atoms with Crippen LogP contribution in [0.5, 0.6) is 0 Å². The molecule has 1 aromatic rings. The van der Waals surface area contributed by atoms with E-state index in [1.165, 1.54) is 6.07 Å². The highest BCUT2D eigenvalue weighted by atomic mass is 19.1. The van der Waals surface area contributed by atoms with Crippen molar-refractivity contribution in [2.45, 2.75) is 25.7 Å². The van der Waals surface area contributed by atoms with Crippen molar-refractivity contribution in [2.75, 3.05) is 26.8 Å². The first-order chi connectivity index (χ1) is 8.27. The summed E-state index contributed by atoms with van der Waals surface area (Å²) in [6, 6.07) is 6.83. The van der Waals surface area contributed by atoms with Crippen LogP contribution in [0.15, 0.2) is 24.3 Å². The molecule has 1 atom stereocenters. The Morgan fingerprint density at radius 3 is 2.82 bits per heavy atom. The lowest BCUT2D eigenvalue weighted by atomic mass is 9.96. The number of likely N-dealkylation sites (N-methyl/N-ethyl adjacent to an activating group) is 1. The molecule has 0 saturated carbocycles. The summed E-state index contributed by atoms with van der Waals surface area (Å²) in [5.41, 5.74) is 1.04. The van der Waals surface area contributed by atoms with Crippen LogP contribution in [0.25, 0.3) is 0 Å². The third-order valence-corrected chi connectivity index (χ3v) is 2.73. The SMILES string of the molecule is CCCOCCC(CNC)c1cccc(F)c1. The predicted octanol–water partition coefficient (Wildman–Crippen LogP) is 2.95. The highest BCUT2D eigenvalue weighted by Gasteiger charge is 2.11. The lowest BCUT2D eigenvalue weighted by Crippen LogP contribution is -2.19. The Bertz CT molecular complexity index is 317. The summed E-state index contributed by atoms with van der Waals surface area (Å²) < 4.78 is 18.6. The van der Waals surface area contributed by atoms with E-state index >= 15 is 0 Å². The lowest BCUT2D eigenvalue weighted by Gasteiger charge is -2.17. The summed E-state index contributed by atoms with van der Waals surface area (Å²) in [7, 11) is 1.92. The molecule has 0 aliphatic heterocycles. The van der Waals surface area contributed by atoms with Gasteiger partial charge in [0.25, 0.3) is 0 Å². The molecular formula is C14H22FNO. The molecule has 0 fully saturated rings. The van der Waals surface area contributed by atoms with Crippen LogP contribution in [0.2, 0.25) is 0 Å². The second-order valence-corrected chi connectivity index (χ2v) is 4.21. The Labute approximate surface area is 103 Å². The Kier molecular flexibility index (Phi) is 6.82. The minimum atomic E-state index is -0.168. The van der Waals surface area contributed by atoms with E-state index in [-0.39, 0.29) is 5.82 Å². The van der Waals surface area contributed by atoms with Crippen molar-refractivity contribution >= 4 is 0 Å². The average Bonchev–Trinajstić information content (AvgIpc) is 2.33. The summed E-state index contributed by atoms with van der Waals surface area (Å²) in [6.07, 6.45) is 1.96. The summed E-state index contributed by atoms with van der Waals surface area (Å²) in [5.74, 6) is 0.144. The maximum Gasteiger partial charge on any atom is 0.123 e. The van der Waals surface area contributed by atoms with Gasteiger partial charge in [0.15, 0.2) is 0 Å². The number of nitrogens with one attached hydrogen (secondary N) is 1. The summed E-state index contributed by atoms with van der Waals surface area (Å²) >= 11 is 0. The highest BCUT2D eigenvalue weighted by Crippen LogP contribution is 2.19. The molecule has 0 bridgehead atoms. The Balaban J connectivity index is 2.52.